The van der Waals surface area contributed by atoms with E-state index in [4.69, 9.17) is 4.74 Å². The van der Waals surface area contributed by atoms with Gasteiger partial charge in [0.15, 0.2) is 0 Å². The average molecular weight is 400 g/mol. The highest BCUT2D eigenvalue weighted by molar-refractivity contribution is 6.18. The Bertz CT molecular complexity index is 1090. The standard InChI is InChI=1S/C25H24N2O3/c1-4-30-25(29)21-17(2)15-20-23(22(21)18-11-7-5-8-12-18)24(28)27(16-26(20)3)19-13-9-6-10-14-19/h5-15H,4,16H2,1-3H3. The van der Waals surface area contributed by atoms with Crippen molar-refractivity contribution >= 4 is 23.3 Å². The molecule has 152 valence electrons. The molecule has 1 aliphatic heterocycles. The van der Waals surface area contributed by atoms with E-state index in [0.29, 0.717) is 23.4 Å². The molecule has 3 aromatic carbocycles. The number of hydrogen-bond acceptors (Lipinski definition) is 4. The summed E-state index contributed by atoms with van der Waals surface area (Å²) in [6.07, 6.45) is 0. The molecule has 0 fully saturated rings. The topological polar surface area (TPSA) is 49.9 Å². The predicted molar refractivity (Wildman–Crippen MR) is 119 cm³/mol. The summed E-state index contributed by atoms with van der Waals surface area (Å²) in [5, 5.41) is 0. The number of anilines is 2. The number of carbonyl (C=O) groups excluding carboxylic acids is 2. The van der Waals surface area contributed by atoms with E-state index in [1.807, 2.05) is 85.6 Å². The maximum atomic E-state index is 13.7. The molecule has 1 heterocycles. The largest absolute Gasteiger partial charge is 0.462 e. The number of aryl methyl sites for hydroxylation is 1. The van der Waals surface area contributed by atoms with Gasteiger partial charge in [0.1, 0.15) is 0 Å². The van der Waals surface area contributed by atoms with Crippen molar-refractivity contribution in [2.75, 3.05) is 30.1 Å². The first kappa shape index (κ1) is 19.7. The molecule has 0 saturated heterocycles. The lowest BCUT2D eigenvalue weighted by Gasteiger charge is -2.37. The van der Waals surface area contributed by atoms with Gasteiger partial charge in [0.05, 0.1) is 30.1 Å². The van der Waals surface area contributed by atoms with Crippen molar-refractivity contribution in [1.82, 2.24) is 0 Å². The zero-order valence-electron chi connectivity index (χ0n) is 17.4. The Morgan fingerprint density at radius 2 is 1.63 bits per heavy atom. The number of para-hydroxylation sites is 1. The van der Waals surface area contributed by atoms with Gasteiger partial charge in [-0.2, -0.15) is 0 Å². The van der Waals surface area contributed by atoms with E-state index in [9.17, 15) is 9.59 Å². The number of hydrogen-bond donors (Lipinski definition) is 0. The van der Waals surface area contributed by atoms with Gasteiger partial charge in [-0.15, -0.1) is 0 Å². The van der Waals surface area contributed by atoms with E-state index >= 15 is 0 Å². The van der Waals surface area contributed by atoms with Crippen molar-refractivity contribution in [1.29, 1.82) is 0 Å². The molecule has 0 atom stereocenters. The van der Waals surface area contributed by atoms with Gasteiger partial charge in [-0.25, -0.2) is 4.79 Å². The van der Waals surface area contributed by atoms with Gasteiger partial charge in [0.2, 0.25) is 0 Å². The van der Waals surface area contributed by atoms with Crippen molar-refractivity contribution in [3.05, 3.63) is 83.4 Å². The quantitative estimate of drug-likeness (QED) is 0.585. The molecular formula is C25H24N2O3. The van der Waals surface area contributed by atoms with E-state index < -0.39 is 5.97 Å². The van der Waals surface area contributed by atoms with Crippen molar-refractivity contribution in [2.24, 2.45) is 0 Å². The Labute approximate surface area is 176 Å². The van der Waals surface area contributed by atoms with E-state index in [0.717, 1.165) is 22.5 Å². The number of fused-ring (bicyclic) bond motifs is 1. The fourth-order valence-corrected chi connectivity index (χ4v) is 3.97. The van der Waals surface area contributed by atoms with Crippen LogP contribution in [0.2, 0.25) is 0 Å². The third-order valence-electron chi connectivity index (χ3n) is 5.34. The minimum absolute atomic E-state index is 0.126. The molecular weight excluding hydrogens is 376 g/mol. The van der Waals surface area contributed by atoms with Crippen LogP contribution in [0.25, 0.3) is 11.1 Å². The molecule has 30 heavy (non-hydrogen) atoms. The second-order valence-corrected chi connectivity index (χ2v) is 7.33. The molecule has 1 aliphatic rings. The molecule has 0 saturated carbocycles. The molecule has 4 rings (SSSR count). The van der Waals surface area contributed by atoms with Crippen LogP contribution in [0.5, 0.6) is 0 Å². The van der Waals surface area contributed by atoms with Gasteiger partial charge in [-0.1, -0.05) is 48.5 Å². The number of carbonyl (C=O) groups is 2. The maximum Gasteiger partial charge on any atom is 0.339 e. The second kappa shape index (κ2) is 8.03. The minimum Gasteiger partial charge on any atom is -0.462 e. The zero-order chi connectivity index (χ0) is 21.3. The van der Waals surface area contributed by atoms with Gasteiger partial charge in [-0.3, -0.25) is 9.69 Å². The maximum absolute atomic E-state index is 13.7. The Morgan fingerprint density at radius 3 is 2.27 bits per heavy atom. The van der Waals surface area contributed by atoms with Crippen molar-refractivity contribution in [3.63, 3.8) is 0 Å². The van der Waals surface area contributed by atoms with Gasteiger partial charge >= 0.3 is 5.97 Å². The highest BCUT2D eigenvalue weighted by Crippen LogP contribution is 2.40. The summed E-state index contributed by atoms with van der Waals surface area (Å²) in [6.45, 7) is 4.38. The lowest BCUT2D eigenvalue weighted by molar-refractivity contribution is 0.0526. The van der Waals surface area contributed by atoms with Crippen LogP contribution in [-0.4, -0.2) is 32.2 Å². The SMILES string of the molecule is CCOC(=O)c1c(C)cc2c(c1-c1ccccc1)C(=O)N(c1ccccc1)CN2C. The predicted octanol–water partition coefficient (Wildman–Crippen LogP) is 4.89. The Hall–Kier alpha value is -3.60. The minimum atomic E-state index is -0.413. The fourth-order valence-electron chi connectivity index (χ4n) is 3.97. The number of ether oxygens (including phenoxy) is 1. The lowest BCUT2D eigenvalue weighted by Crippen LogP contribution is -2.45. The van der Waals surface area contributed by atoms with Crippen LogP contribution in [0.3, 0.4) is 0 Å². The third kappa shape index (κ3) is 3.32. The van der Waals surface area contributed by atoms with Crippen LogP contribution in [0.4, 0.5) is 11.4 Å². The third-order valence-corrected chi connectivity index (χ3v) is 5.34. The highest BCUT2D eigenvalue weighted by Gasteiger charge is 2.35. The van der Waals surface area contributed by atoms with E-state index in [2.05, 4.69) is 0 Å². The molecule has 0 unspecified atom stereocenters. The molecule has 5 nitrogen and oxygen atoms in total. The van der Waals surface area contributed by atoms with Crippen LogP contribution in [0, 0.1) is 6.92 Å². The van der Waals surface area contributed by atoms with Crippen LogP contribution < -0.4 is 9.80 Å². The summed E-state index contributed by atoms with van der Waals surface area (Å²) in [5.74, 6) is -0.539. The molecule has 0 spiro atoms. The van der Waals surface area contributed by atoms with Crippen LogP contribution >= 0.6 is 0 Å². The van der Waals surface area contributed by atoms with Gasteiger partial charge < -0.3 is 9.64 Å². The first-order chi connectivity index (χ1) is 14.5. The summed E-state index contributed by atoms with van der Waals surface area (Å²) in [4.78, 5) is 30.4. The molecule has 0 bridgehead atoms. The second-order valence-electron chi connectivity index (χ2n) is 7.33. The van der Waals surface area contributed by atoms with Gasteiger partial charge in [0.25, 0.3) is 5.91 Å². The Morgan fingerprint density at radius 1 is 1.00 bits per heavy atom. The molecule has 1 amide bonds. The highest BCUT2D eigenvalue weighted by atomic mass is 16.5. The van der Waals surface area contributed by atoms with Crippen LogP contribution in [0.1, 0.15) is 33.2 Å². The average Bonchev–Trinajstić information content (AvgIpc) is 2.76. The van der Waals surface area contributed by atoms with E-state index in [1.165, 1.54) is 0 Å². The summed E-state index contributed by atoms with van der Waals surface area (Å²) in [5.41, 5.74) is 4.83. The van der Waals surface area contributed by atoms with Crippen LogP contribution in [-0.2, 0) is 4.74 Å². The van der Waals surface area contributed by atoms with Crippen molar-refractivity contribution in [2.45, 2.75) is 13.8 Å². The number of benzene rings is 3. The summed E-state index contributed by atoms with van der Waals surface area (Å²) >= 11 is 0. The van der Waals surface area contributed by atoms with Gasteiger partial charge in [-0.05, 0) is 43.2 Å². The van der Waals surface area contributed by atoms with Crippen molar-refractivity contribution in [3.8, 4) is 11.1 Å². The molecule has 3 aromatic rings. The fraction of sp³-hybridized carbons (Fsp3) is 0.200. The number of nitrogens with zero attached hydrogens (tertiary/aromatic N) is 2. The monoisotopic (exact) mass is 400 g/mol. The van der Waals surface area contributed by atoms with Crippen LogP contribution in [0.15, 0.2) is 66.7 Å². The lowest BCUT2D eigenvalue weighted by atomic mass is 9.88. The first-order valence-corrected chi connectivity index (χ1v) is 10.0. The number of amides is 1. The Kier molecular flexibility index (Phi) is 5.27. The first-order valence-electron chi connectivity index (χ1n) is 10.0. The molecule has 5 heteroatoms. The molecule has 0 N–H and O–H groups in total. The molecule has 0 aromatic heterocycles. The zero-order valence-corrected chi connectivity index (χ0v) is 17.4. The molecule has 0 radical (unpaired) electrons. The molecule has 0 aliphatic carbocycles. The summed E-state index contributed by atoms with van der Waals surface area (Å²) in [6, 6.07) is 21.1. The van der Waals surface area contributed by atoms with Crippen molar-refractivity contribution < 1.29 is 14.3 Å². The smallest absolute Gasteiger partial charge is 0.339 e. The Balaban J connectivity index is 2.00. The number of esters is 1. The summed E-state index contributed by atoms with van der Waals surface area (Å²) < 4.78 is 5.36. The van der Waals surface area contributed by atoms with Gasteiger partial charge in [0, 0.05) is 18.3 Å². The van der Waals surface area contributed by atoms with E-state index in [-0.39, 0.29) is 12.5 Å². The van der Waals surface area contributed by atoms with E-state index in [1.54, 1.807) is 11.8 Å². The number of rotatable bonds is 4. The normalized spacial score (nSPS) is 13.2. The summed E-state index contributed by atoms with van der Waals surface area (Å²) in [7, 11) is 1.96.